The van der Waals surface area contributed by atoms with Crippen LogP contribution >= 0.6 is 0 Å². The third kappa shape index (κ3) is 2.14. The number of carbonyl (C=O) groups is 1. The van der Waals surface area contributed by atoms with E-state index in [9.17, 15) is 18.0 Å². The molecule has 0 unspecified atom stereocenters. The van der Waals surface area contributed by atoms with Gasteiger partial charge >= 0.3 is 6.18 Å². The van der Waals surface area contributed by atoms with Crippen molar-refractivity contribution in [3.63, 3.8) is 0 Å². The Morgan fingerprint density at radius 1 is 1.44 bits per heavy atom. The molecule has 0 saturated heterocycles. The minimum absolute atomic E-state index is 0.117. The van der Waals surface area contributed by atoms with Crippen LogP contribution in [0.1, 0.15) is 27.0 Å². The fourth-order valence-corrected chi connectivity index (χ4v) is 1.31. The van der Waals surface area contributed by atoms with E-state index in [-0.39, 0.29) is 11.1 Å². The van der Waals surface area contributed by atoms with Crippen LogP contribution in [0, 0.1) is 18.3 Å². The standard InChI is InChI=1S/C10H7F3N2O/c1-5-2-6(4-14)7(9(15)16)3-8(5)10(11,12)13/h2-3H,1H3,(H2,15,16). The Bertz CT molecular complexity index is 486. The number of amides is 1. The first-order valence-electron chi connectivity index (χ1n) is 4.19. The number of nitrogens with zero attached hydrogens (tertiary/aromatic N) is 1. The van der Waals surface area contributed by atoms with Crippen LogP contribution in [0.4, 0.5) is 13.2 Å². The Balaban J connectivity index is 3.53. The fraction of sp³-hybridized carbons (Fsp3) is 0.200. The van der Waals surface area contributed by atoms with Crippen LogP contribution in [0.5, 0.6) is 0 Å². The number of nitrogens with two attached hydrogens (primary N) is 1. The average Bonchev–Trinajstić information content (AvgIpc) is 2.14. The zero-order valence-corrected chi connectivity index (χ0v) is 8.22. The van der Waals surface area contributed by atoms with Gasteiger partial charge in [-0.15, -0.1) is 0 Å². The van der Waals surface area contributed by atoms with Gasteiger partial charge in [-0.3, -0.25) is 4.79 Å². The second-order valence-electron chi connectivity index (χ2n) is 3.19. The van der Waals surface area contributed by atoms with E-state index in [4.69, 9.17) is 11.0 Å². The Hall–Kier alpha value is -2.03. The SMILES string of the molecule is Cc1cc(C#N)c(C(N)=O)cc1C(F)(F)F. The highest BCUT2D eigenvalue weighted by molar-refractivity contribution is 5.95. The molecule has 84 valence electrons. The quantitative estimate of drug-likeness (QED) is 0.798. The maximum Gasteiger partial charge on any atom is 0.416 e. The summed E-state index contributed by atoms with van der Waals surface area (Å²) in [6.07, 6.45) is -4.57. The van der Waals surface area contributed by atoms with E-state index in [1.807, 2.05) is 0 Å². The molecule has 1 amide bonds. The van der Waals surface area contributed by atoms with Crippen molar-refractivity contribution in [2.75, 3.05) is 0 Å². The Labute approximate surface area is 89.3 Å². The lowest BCUT2D eigenvalue weighted by atomic mass is 9.99. The zero-order valence-electron chi connectivity index (χ0n) is 8.22. The van der Waals surface area contributed by atoms with Crippen molar-refractivity contribution >= 4 is 5.91 Å². The van der Waals surface area contributed by atoms with Crippen molar-refractivity contribution in [3.05, 3.63) is 34.4 Å². The molecule has 0 radical (unpaired) electrons. The predicted molar refractivity (Wildman–Crippen MR) is 49.4 cm³/mol. The lowest BCUT2D eigenvalue weighted by molar-refractivity contribution is -0.138. The molecule has 0 saturated carbocycles. The topological polar surface area (TPSA) is 66.9 Å². The van der Waals surface area contributed by atoms with E-state index in [1.165, 1.54) is 6.92 Å². The number of rotatable bonds is 1. The smallest absolute Gasteiger partial charge is 0.366 e. The predicted octanol–water partition coefficient (Wildman–Crippen LogP) is 1.98. The van der Waals surface area contributed by atoms with Crippen LogP contribution in [-0.2, 0) is 6.18 Å². The molecule has 0 aliphatic rings. The van der Waals surface area contributed by atoms with Gasteiger partial charge in [-0.1, -0.05) is 0 Å². The number of primary amides is 1. The lowest BCUT2D eigenvalue weighted by Crippen LogP contribution is -2.16. The molecule has 3 nitrogen and oxygen atoms in total. The molecule has 0 aromatic heterocycles. The summed E-state index contributed by atoms with van der Waals surface area (Å²) in [5.74, 6) is -1.05. The fourth-order valence-electron chi connectivity index (χ4n) is 1.31. The molecule has 16 heavy (non-hydrogen) atoms. The zero-order chi connectivity index (χ0) is 12.5. The molecular formula is C10H7F3N2O. The minimum Gasteiger partial charge on any atom is -0.366 e. The van der Waals surface area contributed by atoms with Crippen molar-refractivity contribution in [1.82, 2.24) is 0 Å². The number of hydrogen-bond donors (Lipinski definition) is 1. The summed E-state index contributed by atoms with van der Waals surface area (Å²) in [7, 11) is 0. The molecule has 1 aromatic rings. The summed E-state index contributed by atoms with van der Waals surface area (Å²) in [5, 5.41) is 8.65. The van der Waals surface area contributed by atoms with Crippen molar-refractivity contribution < 1.29 is 18.0 Å². The Kier molecular flexibility index (Phi) is 2.90. The monoisotopic (exact) mass is 228 g/mol. The number of carbonyl (C=O) groups excluding carboxylic acids is 1. The number of aryl methyl sites for hydroxylation is 1. The van der Waals surface area contributed by atoms with Crippen LogP contribution in [0.15, 0.2) is 12.1 Å². The molecule has 0 aliphatic carbocycles. The molecule has 0 heterocycles. The van der Waals surface area contributed by atoms with E-state index in [1.54, 1.807) is 6.07 Å². The van der Waals surface area contributed by atoms with Gasteiger partial charge in [0, 0.05) is 0 Å². The lowest BCUT2D eigenvalue weighted by Gasteiger charge is -2.12. The summed E-state index contributed by atoms with van der Waals surface area (Å²) < 4.78 is 37.5. The van der Waals surface area contributed by atoms with E-state index >= 15 is 0 Å². The van der Waals surface area contributed by atoms with E-state index in [2.05, 4.69) is 0 Å². The van der Waals surface area contributed by atoms with Gasteiger partial charge in [-0.2, -0.15) is 18.4 Å². The first-order chi connectivity index (χ1) is 7.27. The van der Waals surface area contributed by atoms with Gasteiger partial charge in [-0.25, -0.2) is 0 Å². The van der Waals surface area contributed by atoms with Crippen molar-refractivity contribution in [2.24, 2.45) is 5.73 Å². The molecule has 0 aliphatic heterocycles. The third-order valence-electron chi connectivity index (χ3n) is 2.06. The van der Waals surface area contributed by atoms with Gasteiger partial charge in [0.05, 0.1) is 22.8 Å². The maximum absolute atomic E-state index is 12.5. The van der Waals surface area contributed by atoms with Gasteiger partial charge in [0.2, 0.25) is 5.91 Å². The van der Waals surface area contributed by atoms with E-state index in [0.29, 0.717) is 6.07 Å². The summed E-state index contributed by atoms with van der Waals surface area (Å²) in [6.45, 7) is 1.22. The third-order valence-corrected chi connectivity index (χ3v) is 2.06. The molecule has 1 aromatic carbocycles. The Morgan fingerprint density at radius 2 is 2.00 bits per heavy atom. The van der Waals surface area contributed by atoms with E-state index in [0.717, 1.165) is 6.07 Å². The number of halogens is 3. The molecule has 1 rings (SSSR count). The van der Waals surface area contributed by atoms with Crippen LogP contribution in [0.3, 0.4) is 0 Å². The summed E-state index contributed by atoms with van der Waals surface area (Å²) in [4.78, 5) is 10.9. The highest BCUT2D eigenvalue weighted by Crippen LogP contribution is 2.33. The highest BCUT2D eigenvalue weighted by atomic mass is 19.4. The summed E-state index contributed by atoms with van der Waals surface area (Å²) >= 11 is 0. The van der Waals surface area contributed by atoms with Crippen molar-refractivity contribution in [3.8, 4) is 6.07 Å². The highest BCUT2D eigenvalue weighted by Gasteiger charge is 2.33. The molecule has 0 bridgehead atoms. The first-order valence-corrected chi connectivity index (χ1v) is 4.19. The number of nitriles is 1. The number of alkyl halides is 3. The first kappa shape index (κ1) is 12.0. The van der Waals surface area contributed by atoms with Gasteiger partial charge in [-0.05, 0) is 24.6 Å². The summed E-state index contributed by atoms with van der Waals surface area (Å²) in [6, 6.07) is 3.24. The average molecular weight is 228 g/mol. The molecule has 0 spiro atoms. The van der Waals surface area contributed by atoms with E-state index < -0.39 is 23.2 Å². The molecule has 0 fully saturated rings. The minimum atomic E-state index is -4.57. The van der Waals surface area contributed by atoms with Gasteiger partial charge in [0.25, 0.3) is 0 Å². The summed E-state index contributed by atoms with van der Waals surface area (Å²) in [5.41, 5.74) is 3.25. The van der Waals surface area contributed by atoms with Crippen LogP contribution in [-0.4, -0.2) is 5.91 Å². The van der Waals surface area contributed by atoms with Crippen LogP contribution < -0.4 is 5.73 Å². The number of hydrogen-bond acceptors (Lipinski definition) is 2. The normalized spacial score (nSPS) is 10.9. The molecule has 2 N–H and O–H groups in total. The maximum atomic E-state index is 12.5. The van der Waals surface area contributed by atoms with Crippen molar-refractivity contribution in [1.29, 1.82) is 5.26 Å². The second kappa shape index (κ2) is 3.85. The van der Waals surface area contributed by atoms with Gasteiger partial charge < -0.3 is 5.73 Å². The molecular weight excluding hydrogens is 221 g/mol. The Morgan fingerprint density at radius 3 is 2.38 bits per heavy atom. The van der Waals surface area contributed by atoms with Crippen LogP contribution in [0.25, 0.3) is 0 Å². The van der Waals surface area contributed by atoms with Crippen molar-refractivity contribution in [2.45, 2.75) is 13.1 Å². The second-order valence-corrected chi connectivity index (χ2v) is 3.19. The number of benzene rings is 1. The van der Waals surface area contributed by atoms with Gasteiger partial charge in [0.1, 0.15) is 0 Å². The largest absolute Gasteiger partial charge is 0.416 e. The molecule has 6 heteroatoms. The van der Waals surface area contributed by atoms with Crippen LogP contribution in [0.2, 0.25) is 0 Å². The molecule has 0 atom stereocenters. The van der Waals surface area contributed by atoms with Gasteiger partial charge in [0.15, 0.2) is 0 Å².